The van der Waals surface area contributed by atoms with Crippen LogP contribution in [-0.2, 0) is 13.2 Å². The van der Waals surface area contributed by atoms with Crippen molar-refractivity contribution in [2.24, 2.45) is 0 Å². The number of carbonyl (C=O) groups is 1. The molecule has 0 amide bonds. The van der Waals surface area contributed by atoms with Crippen LogP contribution in [0.4, 0.5) is 0 Å². The van der Waals surface area contributed by atoms with Gasteiger partial charge >= 0.3 is 0 Å². The van der Waals surface area contributed by atoms with Crippen LogP contribution in [0, 0.1) is 18.3 Å². The Labute approximate surface area is 170 Å². The van der Waals surface area contributed by atoms with Crippen LogP contribution in [-0.4, -0.2) is 16.3 Å². The summed E-state index contributed by atoms with van der Waals surface area (Å²) in [4.78, 5) is 19.6. The summed E-state index contributed by atoms with van der Waals surface area (Å²) in [6.45, 7) is 2.47. The van der Waals surface area contributed by atoms with Gasteiger partial charge in [-0.25, -0.2) is 0 Å². The summed E-state index contributed by atoms with van der Waals surface area (Å²) in [6, 6.07) is 12.8. The van der Waals surface area contributed by atoms with Gasteiger partial charge in [-0.05, 0) is 36.2 Å². The number of carbonyl (C=O) groups excluding carboxylic acids is 1. The van der Waals surface area contributed by atoms with Crippen molar-refractivity contribution in [1.29, 1.82) is 5.26 Å². The number of hydrogen-bond acceptors (Lipinski definition) is 6. The third-order valence-electron chi connectivity index (χ3n) is 4.05. The molecule has 0 spiro atoms. The number of halogens is 1. The largest absolute Gasteiger partial charge is 0.473 e. The first-order valence-electron chi connectivity index (χ1n) is 8.40. The van der Waals surface area contributed by atoms with Crippen molar-refractivity contribution in [3.05, 3.63) is 81.1 Å². The van der Waals surface area contributed by atoms with E-state index in [4.69, 9.17) is 14.7 Å². The Morgan fingerprint density at radius 3 is 2.82 bits per heavy atom. The number of ether oxygens (including phenoxy) is 2. The number of nitrogens with zero attached hydrogens (tertiary/aromatic N) is 3. The predicted octanol–water partition coefficient (Wildman–Crippen LogP) is 4.39. The molecule has 0 fully saturated rings. The van der Waals surface area contributed by atoms with Gasteiger partial charge in [0.2, 0.25) is 11.8 Å². The van der Waals surface area contributed by atoms with E-state index in [2.05, 4.69) is 25.9 Å². The second-order valence-electron chi connectivity index (χ2n) is 5.96. The maximum absolute atomic E-state index is 11.3. The van der Waals surface area contributed by atoms with Gasteiger partial charge in [-0.15, -0.1) is 0 Å². The zero-order valence-corrected chi connectivity index (χ0v) is 16.6. The van der Waals surface area contributed by atoms with Crippen molar-refractivity contribution in [2.75, 3.05) is 0 Å². The Hall–Kier alpha value is -3.24. The number of aldehydes is 1. The highest BCUT2D eigenvalue weighted by atomic mass is 79.9. The maximum atomic E-state index is 11.3. The highest BCUT2D eigenvalue weighted by molar-refractivity contribution is 9.10. The van der Waals surface area contributed by atoms with Gasteiger partial charge in [0.1, 0.15) is 19.3 Å². The SMILES string of the molecule is Cc1c(Br)cccc1COc1ccc(C=O)c(OCc2cncc(C#N)c2)n1. The Balaban J connectivity index is 1.73. The molecule has 3 aromatic rings. The lowest BCUT2D eigenvalue weighted by Gasteiger charge is -2.12. The molecule has 0 aliphatic rings. The van der Waals surface area contributed by atoms with E-state index in [1.54, 1.807) is 24.4 Å². The third-order valence-corrected chi connectivity index (χ3v) is 4.91. The summed E-state index contributed by atoms with van der Waals surface area (Å²) in [7, 11) is 0. The van der Waals surface area contributed by atoms with E-state index in [0.717, 1.165) is 15.6 Å². The lowest BCUT2D eigenvalue weighted by atomic mass is 10.1. The van der Waals surface area contributed by atoms with Crippen molar-refractivity contribution in [2.45, 2.75) is 20.1 Å². The van der Waals surface area contributed by atoms with E-state index in [0.29, 0.717) is 35.5 Å². The smallest absolute Gasteiger partial charge is 0.227 e. The van der Waals surface area contributed by atoms with Crippen LogP contribution in [0.2, 0.25) is 0 Å². The molecule has 0 saturated carbocycles. The van der Waals surface area contributed by atoms with E-state index >= 15 is 0 Å². The molecule has 0 bridgehead atoms. The molecule has 0 aliphatic heterocycles. The second-order valence-corrected chi connectivity index (χ2v) is 6.81. The number of rotatable bonds is 7. The molecule has 0 radical (unpaired) electrons. The first-order valence-corrected chi connectivity index (χ1v) is 9.20. The van der Waals surface area contributed by atoms with E-state index in [1.807, 2.05) is 31.2 Å². The highest BCUT2D eigenvalue weighted by Gasteiger charge is 2.10. The van der Waals surface area contributed by atoms with Crippen molar-refractivity contribution in [3.63, 3.8) is 0 Å². The summed E-state index contributed by atoms with van der Waals surface area (Å²) in [5, 5.41) is 8.95. The molecule has 0 unspecified atom stereocenters. The maximum Gasteiger partial charge on any atom is 0.227 e. The summed E-state index contributed by atoms with van der Waals surface area (Å²) in [5.41, 5.74) is 3.57. The monoisotopic (exact) mass is 437 g/mol. The van der Waals surface area contributed by atoms with Crippen LogP contribution in [0.1, 0.15) is 32.6 Å². The molecular weight excluding hydrogens is 422 g/mol. The summed E-state index contributed by atoms with van der Waals surface area (Å²) >= 11 is 3.50. The number of hydrogen-bond donors (Lipinski definition) is 0. The number of aromatic nitrogens is 2. The minimum absolute atomic E-state index is 0.130. The van der Waals surface area contributed by atoms with Gasteiger partial charge in [0.15, 0.2) is 6.29 Å². The van der Waals surface area contributed by atoms with Gasteiger partial charge in [0.25, 0.3) is 0 Å². The summed E-state index contributed by atoms with van der Waals surface area (Å²) < 4.78 is 12.5. The fraction of sp³-hybridized carbons (Fsp3) is 0.143. The molecule has 140 valence electrons. The van der Waals surface area contributed by atoms with Crippen molar-refractivity contribution in [3.8, 4) is 17.8 Å². The van der Waals surface area contributed by atoms with Crippen LogP contribution in [0.5, 0.6) is 11.8 Å². The lowest BCUT2D eigenvalue weighted by Crippen LogP contribution is -2.04. The first-order chi connectivity index (χ1) is 13.6. The molecule has 28 heavy (non-hydrogen) atoms. The zero-order chi connectivity index (χ0) is 19.9. The summed E-state index contributed by atoms with van der Waals surface area (Å²) in [6.07, 6.45) is 3.74. The molecule has 3 rings (SSSR count). The molecule has 2 heterocycles. The van der Waals surface area contributed by atoms with Crippen molar-refractivity contribution < 1.29 is 14.3 Å². The lowest BCUT2D eigenvalue weighted by molar-refractivity contribution is 0.111. The van der Waals surface area contributed by atoms with E-state index in [1.165, 1.54) is 6.20 Å². The minimum atomic E-state index is 0.130. The van der Waals surface area contributed by atoms with E-state index < -0.39 is 0 Å². The van der Waals surface area contributed by atoms with Crippen LogP contribution in [0.15, 0.2) is 53.3 Å². The number of nitriles is 1. The molecule has 6 nitrogen and oxygen atoms in total. The molecule has 1 aromatic carbocycles. The Morgan fingerprint density at radius 2 is 2.04 bits per heavy atom. The molecule has 0 aliphatic carbocycles. The Bertz CT molecular complexity index is 1050. The second kappa shape index (κ2) is 9.11. The average molecular weight is 438 g/mol. The molecule has 2 aromatic heterocycles. The van der Waals surface area contributed by atoms with Gasteiger partial charge < -0.3 is 9.47 Å². The third kappa shape index (κ3) is 4.72. The van der Waals surface area contributed by atoms with Gasteiger partial charge in [0.05, 0.1) is 11.1 Å². The van der Waals surface area contributed by atoms with Gasteiger partial charge in [-0.3, -0.25) is 9.78 Å². The van der Waals surface area contributed by atoms with Gasteiger partial charge in [0, 0.05) is 28.5 Å². The normalized spacial score (nSPS) is 10.2. The van der Waals surface area contributed by atoms with E-state index in [9.17, 15) is 4.79 Å². The van der Waals surface area contributed by atoms with Crippen LogP contribution < -0.4 is 9.47 Å². The molecule has 0 N–H and O–H groups in total. The minimum Gasteiger partial charge on any atom is -0.473 e. The van der Waals surface area contributed by atoms with Gasteiger partial charge in [-0.1, -0.05) is 28.1 Å². The Morgan fingerprint density at radius 1 is 1.18 bits per heavy atom. The topological polar surface area (TPSA) is 85.1 Å². The Kier molecular flexibility index (Phi) is 6.35. The van der Waals surface area contributed by atoms with Crippen molar-refractivity contribution in [1.82, 2.24) is 9.97 Å². The standard InChI is InChI=1S/C21H16BrN3O3/c1-14-18(3-2-4-19(14)22)13-27-20-6-5-17(11-26)21(25-20)28-12-16-7-15(8-23)9-24-10-16/h2-7,9-11H,12-13H2,1H3. The van der Waals surface area contributed by atoms with Gasteiger partial charge in [-0.2, -0.15) is 10.2 Å². The molecular formula is C21H16BrN3O3. The number of benzene rings is 1. The van der Waals surface area contributed by atoms with Crippen LogP contribution in [0.25, 0.3) is 0 Å². The van der Waals surface area contributed by atoms with Crippen LogP contribution >= 0.6 is 15.9 Å². The zero-order valence-electron chi connectivity index (χ0n) is 15.1. The predicted molar refractivity (Wildman–Crippen MR) is 106 cm³/mol. The first kappa shape index (κ1) is 19.5. The van der Waals surface area contributed by atoms with Crippen molar-refractivity contribution >= 4 is 22.2 Å². The molecule has 0 atom stereocenters. The summed E-state index contributed by atoms with van der Waals surface area (Å²) in [5.74, 6) is 0.518. The fourth-order valence-electron chi connectivity index (χ4n) is 2.46. The molecule has 0 saturated heterocycles. The highest BCUT2D eigenvalue weighted by Crippen LogP contribution is 2.23. The fourth-order valence-corrected chi connectivity index (χ4v) is 2.87. The quantitative estimate of drug-likeness (QED) is 0.509. The number of pyridine rings is 2. The average Bonchev–Trinajstić information content (AvgIpc) is 2.73. The van der Waals surface area contributed by atoms with E-state index in [-0.39, 0.29) is 12.5 Å². The molecule has 7 heteroatoms. The van der Waals surface area contributed by atoms with Crippen LogP contribution in [0.3, 0.4) is 0 Å².